The summed E-state index contributed by atoms with van der Waals surface area (Å²) in [5.41, 5.74) is -2.11. The summed E-state index contributed by atoms with van der Waals surface area (Å²) in [6.07, 6.45) is 3.01. The van der Waals surface area contributed by atoms with Gasteiger partial charge in [-0.2, -0.15) is 4.39 Å². The number of ether oxygens (including phenoxy) is 2. The SMILES string of the molecule is CC(C)(C)OC(=O)N(COCC[Si](C)(C)C)C1=NC(C)(c2cc(/C=C(\F)c3ccc(Cl)cn3)cnc2F)C2CC2(C(=O)O)S1. The molecule has 44 heavy (non-hydrogen) atoms. The number of carbonyl (C=O) groups excluding carboxylic acids is 1. The van der Waals surface area contributed by atoms with E-state index in [1.54, 1.807) is 27.7 Å². The van der Waals surface area contributed by atoms with Gasteiger partial charge >= 0.3 is 12.1 Å². The Hall–Kier alpha value is -2.87. The van der Waals surface area contributed by atoms with Gasteiger partial charge in [0, 0.05) is 38.6 Å². The monoisotopic (exact) mass is 666 g/mol. The lowest BCUT2D eigenvalue weighted by Crippen LogP contribution is -2.47. The van der Waals surface area contributed by atoms with E-state index in [4.69, 9.17) is 26.1 Å². The minimum atomic E-state index is -1.46. The number of hydrogen-bond acceptors (Lipinski definition) is 8. The first-order valence-corrected chi connectivity index (χ1v) is 19.0. The summed E-state index contributed by atoms with van der Waals surface area (Å²) >= 11 is 6.78. The van der Waals surface area contributed by atoms with E-state index < -0.39 is 53.7 Å². The molecule has 1 amide bonds. The van der Waals surface area contributed by atoms with Gasteiger partial charge in [-0.1, -0.05) is 43.0 Å². The van der Waals surface area contributed by atoms with Crippen LogP contribution in [0.5, 0.6) is 0 Å². The van der Waals surface area contributed by atoms with Gasteiger partial charge in [0.25, 0.3) is 0 Å². The van der Waals surface area contributed by atoms with Gasteiger partial charge in [0.05, 0.1) is 16.3 Å². The first-order valence-electron chi connectivity index (χ1n) is 14.1. The van der Waals surface area contributed by atoms with Crippen molar-refractivity contribution in [2.45, 2.75) is 75.7 Å². The van der Waals surface area contributed by atoms with Crippen LogP contribution in [0.3, 0.4) is 0 Å². The number of amidine groups is 1. The number of halogens is 3. The van der Waals surface area contributed by atoms with Crippen molar-refractivity contribution in [3.63, 3.8) is 0 Å². The summed E-state index contributed by atoms with van der Waals surface area (Å²) in [4.78, 5) is 39.8. The number of amides is 1. The maximum atomic E-state index is 15.5. The number of nitrogens with zero attached hydrogens (tertiary/aromatic N) is 4. The van der Waals surface area contributed by atoms with E-state index in [2.05, 4.69) is 29.6 Å². The van der Waals surface area contributed by atoms with E-state index in [0.717, 1.165) is 30.1 Å². The second-order valence-corrected chi connectivity index (χ2v) is 20.7. The number of aromatic nitrogens is 2. The van der Waals surface area contributed by atoms with E-state index in [9.17, 15) is 14.7 Å². The summed E-state index contributed by atoms with van der Waals surface area (Å²) in [7, 11) is -1.44. The first kappa shape index (κ1) is 34.0. The molecule has 3 unspecified atom stereocenters. The number of fused-ring (bicyclic) bond motifs is 1. The fourth-order valence-electron chi connectivity index (χ4n) is 4.79. The van der Waals surface area contributed by atoms with Crippen LogP contribution < -0.4 is 0 Å². The van der Waals surface area contributed by atoms with Gasteiger partial charge in [0.2, 0.25) is 5.95 Å². The van der Waals surface area contributed by atoms with Gasteiger partial charge in [0.15, 0.2) is 5.17 Å². The standard InChI is InChI=1S/C30H37ClF2N4O5SSi/c1-28(2,3)42-27(40)37(17-41-10-11-44(5,6)7)26-36-29(4,23-14-30(23,43-26)25(38)39)20-12-18(15-35-24(20)33)13-21(32)22-9-8-19(31)16-34-22/h8-9,12-13,15-16,23H,10-11,14,17H2,1-7H3,(H,38,39)/b21-13-. The molecule has 2 aliphatic rings. The van der Waals surface area contributed by atoms with E-state index >= 15 is 8.78 Å². The zero-order chi connectivity index (χ0) is 32.7. The van der Waals surface area contributed by atoms with E-state index in [1.165, 1.54) is 29.3 Å². The highest BCUT2D eigenvalue weighted by Crippen LogP contribution is 2.66. The maximum absolute atomic E-state index is 15.5. The second-order valence-electron chi connectivity index (χ2n) is 13.3. The lowest BCUT2D eigenvalue weighted by molar-refractivity contribution is -0.137. The Morgan fingerprint density at radius 3 is 2.55 bits per heavy atom. The molecular weight excluding hydrogens is 630 g/mol. The Morgan fingerprint density at radius 2 is 1.95 bits per heavy atom. The lowest BCUT2D eigenvalue weighted by Gasteiger charge is -2.37. The lowest BCUT2D eigenvalue weighted by atomic mass is 9.86. The highest BCUT2D eigenvalue weighted by Gasteiger charge is 2.72. The van der Waals surface area contributed by atoms with Gasteiger partial charge in [-0.25, -0.2) is 19.1 Å². The number of rotatable bonds is 9. The Labute approximate surface area is 266 Å². The number of carboxylic acid groups (broad SMARTS) is 1. The molecule has 0 saturated heterocycles. The highest BCUT2D eigenvalue weighted by molar-refractivity contribution is 8.15. The Bertz CT molecular complexity index is 1500. The fraction of sp³-hybridized carbons (Fsp3) is 0.500. The van der Waals surface area contributed by atoms with Crippen LogP contribution in [0.25, 0.3) is 11.9 Å². The zero-order valence-electron chi connectivity index (χ0n) is 25.8. The molecule has 0 radical (unpaired) electrons. The van der Waals surface area contributed by atoms with Gasteiger partial charge in [0.1, 0.15) is 22.9 Å². The third-order valence-corrected chi connectivity index (χ3v) is 10.7. The summed E-state index contributed by atoms with van der Waals surface area (Å²) in [5.74, 6) is -3.33. The van der Waals surface area contributed by atoms with Crippen molar-refractivity contribution in [2.75, 3.05) is 13.3 Å². The van der Waals surface area contributed by atoms with E-state index in [0.29, 0.717) is 11.6 Å². The third-order valence-electron chi connectivity index (χ3n) is 7.28. The summed E-state index contributed by atoms with van der Waals surface area (Å²) in [6.45, 7) is 13.5. The van der Waals surface area contributed by atoms with Gasteiger partial charge in [-0.05, 0) is 70.0 Å². The molecule has 1 N–H and O–H groups in total. The molecule has 238 valence electrons. The van der Waals surface area contributed by atoms with Crippen molar-refractivity contribution in [1.29, 1.82) is 0 Å². The number of thioether (sulfide) groups is 1. The zero-order valence-corrected chi connectivity index (χ0v) is 28.4. The fourth-order valence-corrected chi connectivity index (χ4v) is 7.16. The third kappa shape index (κ3) is 7.67. The number of aliphatic carboxylic acids is 1. The second kappa shape index (κ2) is 12.5. The predicted octanol–water partition coefficient (Wildman–Crippen LogP) is 7.45. The molecule has 0 spiro atoms. The van der Waals surface area contributed by atoms with Gasteiger partial charge in [-0.3, -0.25) is 14.8 Å². The summed E-state index contributed by atoms with van der Waals surface area (Å²) in [5, 5.41) is 10.7. The highest BCUT2D eigenvalue weighted by atomic mass is 35.5. The Morgan fingerprint density at radius 1 is 1.25 bits per heavy atom. The minimum absolute atomic E-state index is 0.0232. The normalized spacial score (nSPS) is 23.5. The van der Waals surface area contributed by atoms with Crippen molar-refractivity contribution in [2.24, 2.45) is 10.9 Å². The number of carboxylic acids is 1. The molecule has 0 bridgehead atoms. The smallest absolute Gasteiger partial charge is 0.418 e. The predicted molar refractivity (Wildman–Crippen MR) is 170 cm³/mol. The average Bonchev–Trinajstić information content (AvgIpc) is 3.66. The van der Waals surface area contributed by atoms with Crippen LogP contribution in [0.4, 0.5) is 13.6 Å². The molecule has 9 nitrogen and oxygen atoms in total. The van der Waals surface area contributed by atoms with Crippen LogP contribution in [-0.4, -0.2) is 69.0 Å². The molecule has 1 fully saturated rings. The van der Waals surface area contributed by atoms with Crippen LogP contribution in [0, 0.1) is 11.9 Å². The van der Waals surface area contributed by atoms with Gasteiger partial charge < -0.3 is 14.6 Å². The van der Waals surface area contributed by atoms with Crippen molar-refractivity contribution >= 4 is 60.6 Å². The summed E-state index contributed by atoms with van der Waals surface area (Å²) < 4.78 is 40.7. The molecule has 1 aliphatic carbocycles. The average molecular weight is 667 g/mol. The maximum Gasteiger partial charge on any atom is 0.418 e. The van der Waals surface area contributed by atoms with Crippen LogP contribution in [0.1, 0.15) is 50.9 Å². The van der Waals surface area contributed by atoms with E-state index in [-0.39, 0.29) is 35.1 Å². The molecule has 1 saturated carbocycles. The molecule has 2 aromatic rings. The Kier molecular flexibility index (Phi) is 9.66. The van der Waals surface area contributed by atoms with Crippen molar-refractivity contribution < 1.29 is 33.0 Å². The number of hydrogen-bond donors (Lipinski definition) is 1. The summed E-state index contributed by atoms with van der Waals surface area (Å²) in [6, 6.07) is 5.13. The van der Waals surface area contributed by atoms with Crippen molar-refractivity contribution in [1.82, 2.24) is 14.9 Å². The molecule has 2 aromatic heterocycles. The molecule has 0 aromatic carbocycles. The van der Waals surface area contributed by atoms with Crippen molar-refractivity contribution in [3.8, 4) is 0 Å². The first-order chi connectivity index (χ1) is 20.3. The molecule has 3 heterocycles. The van der Waals surface area contributed by atoms with Crippen LogP contribution >= 0.6 is 23.4 Å². The quantitative estimate of drug-likeness (QED) is 0.127. The number of carbonyl (C=O) groups is 2. The molecule has 4 rings (SSSR count). The van der Waals surface area contributed by atoms with Crippen molar-refractivity contribution in [3.05, 3.63) is 58.4 Å². The molecule has 3 atom stereocenters. The number of aliphatic imine (C=N–C) groups is 1. The van der Waals surface area contributed by atoms with Crippen LogP contribution in [-0.2, 0) is 19.8 Å². The van der Waals surface area contributed by atoms with Crippen LogP contribution in [0.2, 0.25) is 30.7 Å². The minimum Gasteiger partial charge on any atom is -0.480 e. The van der Waals surface area contributed by atoms with E-state index in [1.807, 2.05) is 0 Å². The van der Waals surface area contributed by atoms with Crippen LogP contribution in [0.15, 0.2) is 35.6 Å². The largest absolute Gasteiger partial charge is 0.480 e. The molecule has 1 aliphatic heterocycles. The molecule has 14 heteroatoms. The Balaban J connectivity index is 1.76. The topological polar surface area (TPSA) is 114 Å². The molecular formula is C30H37ClF2N4O5SSi. The van der Waals surface area contributed by atoms with Gasteiger partial charge in [-0.15, -0.1) is 0 Å². The number of pyridine rings is 2.